The molecule has 7 nitrogen and oxygen atoms in total. The number of nitrogens with one attached hydrogen (secondary N) is 1. The Kier molecular flexibility index (Phi) is 4.66. The summed E-state index contributed by atoms with van der Waals surface area (Å²) >= 11 is 0. The van der Waals surface area contributed by atoms with Gasteiger partial charge >= 0.3 is 0 Å². The first-order valence-corrected chi connectivity index (χ1v) is 6.39. The molecule has 0 amide bonds. The molecule has 0 saturated heterocycles. The van der Waals surface area contributed by atoms with Gasteiger partial charge in [0.25, 0.3) is 0 Å². The summed E-state index contributed by atoms with van der Waals surface area (Å²) in [5.41, 5.74) is 4.61. The molecule has 7 heteroatoms. The summed E-state index contributed by atoms with van der Waals surface area (Å²) < 4.78 is 17.8. The molecule has 2 aromatic rings. The number of hydrogen-bond donors (Lipinski definition) is 2. The molecule has 0 aliphatic rings. The Labute approximate surface area is 123 Å². The van der Waals surface area contributed by atoms with Crippen molar-refractivity contribution in [2.45, 2.75) is 6.04 Å². The smallest absolute Gasteiger partial charge is 0.203 e. The Balaban J connectivity index is 2.51. The molecule has 1 aromatic heterocycles. The van der Waals surface area contributed by atoms with Gasteiger partial charge in [0.2, 0.25) is 5.75 Å². The summed E-state index contributed by atoms with van der Waals surface area (Å²) in [5.74, 6) is 7.41. The lowest BCUT2D eigenvalue weighted by atomic mass is 10.0. The first kappa shape index (κ1) is 15.1. The SMILES string of the molecule is COc1cc(C(NN)c2cnn(C)c2)cc(OC)c1OC. The molecule has 3 N–H and O–H groups in total. The average molecular weight is 292 g/mol. The lowest BCUT2D eigenvalue weighted by Gasteiger charge is -2.19. The third-order valence-corrected chi connectivity index (χ3v) is 3.25. The predicted molar refractivity (Wildman–Crippen MR) is 78.5 cm³/mol. The van der Waals surface area contributed by atoms with Crippen molar-refractivity contribution >= 4 is 0 Å². The van der Waals surface area contributed by atoms with Crippen LogP contribution in [0.25, 0.3) is 0 Å². The summed E-state index contributed by atoms with van der Waals surface area (Å²) in [5, 5.41) is 4.16. The van der Waals surface area contributed by atoms with Crippen LogP contribution in [0.2, 0.25) is 0 Å². The lowest BCUT2D eigenvalue weighted by molar-refractivity contribution is 0.323. The Morgan fingerprint density at radius 1 is 1.10 bits per heavy atom. The quantitative estimate of drug-likeness (QED) is 0.610. The maximum absolute atomic E-state index is 5.70. The Bertz CT molecular complexity index is 587. The van der Waals surface area contributed by atoms with Crippen LogP contribution in [0.3, 0.4) is 0 Å². The largest absolute Gasteiger partial charge is 0.493 e. The molecule has 0 spiro atoms. The van der Waals surface area contributed by atoms with Gasteiger partial charge in [0.15, 0.2) is 11.5 Å². The number of benzene rings is 1. The maximum Gasteiger partial charge on any atom is 0.203 e. The second kappa shape index (κ2) is 6.47. The molecule has 1 heterocycles. The van der Waals surface area contributed by atoms with Crippen molar-refractivity contribution in [2.24, 2.45) is 12.9 Å². The number of aromatic nitrogens is 2. The maximum atomic E-state index is 5.70. The van der Waals surface area contributed by atoms with E-state index in [0.29, 0.717) is 17.2 Å². The predicted octanol–water partition coefficient (Wildman–Crippen LogP) is 0.999. The molecule has 0 aliphatic carbocycles. The number of nitrogens with zero attached hydrogens (tertiary/aromatic N) is 2. The first-order valence-electron chi connectivity index (χ1n) is 6.39. The first-order chi connectivity index (χ1) is 10.1. The molecule has 1 unspecified atom stereocenters. The van der Waals surface area contributed by atoms with Gasteiger partial charge in [-0.2, -0.15) is 5.10 Å². The van der Waals surface area contributed by atoms with E-state index in [1.54, 1.807) is 32.2 Å². The number of aryl methyl sites for hydroxylation is 1. The van der Waals surface area contributed by atoms with Gasteiger partial charge in [-0.15, -0.1) is 0 Å². The zero-order valence-electron chi connectivity index (χ0n) is 12.6. The van der Waals surface area contributed by atoms with Crippen LogP contribution in [0, 0.1) is 0 Å². The molecule has 0 bridgehead atoms. The molecule has 1 atom stereocenters. The van der Waals surface area contributed by atoms with Crippen molar-refractivity contribution in [1.29, 1.82) is 0 Å². The zero-order valence-corrected chi connectivity index (χ0v) is 12.6. The van der Waals surface area contributed by atoms with Crippen LogP contribution in [0.15, 0.2) is 24.5 Å². The highest BCUT2D eigenvalue weighted by molar-refractivity contribution is 5.55. The van der Waals surface area contributed by atoms with Gasteiger partial charge < -0.3 is 14.2 Å². The number of ether oxygens (including phenoxy) is 3. The van der Waals surface area contributed by atoms with Gasteiger partial charge in [0.1, 0.15) is 0 Å². The Morgan fingerprint density at radius 2 is 1.71 bits per heavy atom. The minimum atomic E-state index is -0.229. The van der Waals surface area contributed by atoms with Crippen LogP contribution < -0.4 is 25.5 Å². The minimum absolute atomic E-state index is 0.229. The number of rotatable bonds is 6. The van der Waals surface area contributed by atoms with Crippen molar-refractivity contribution in [2.75, 3.05) is 21.3 Å². The van der Waals surface area contributed by atoms with Gasteiger partial charge in [-0.25, -0.2) is 5.43 Å². The van der Waals surface area contributed by atoms with Gasteiger partial charge in [0, 0.05) is 18.8 Å². The fourth-order valence-corrected chi connectivity index (χ4v) is 2.24. The van der Waals surface area contributed by atoms with E-state index in [4.69, 9.17) is 20.1 Å². The summed E-state index contributed by atoms with van der Waals surface area (Å²) in [6, 6.07) is 3.49. The Hall–Kier alpha value is -2.25. The third-order valence-electron chi connectivity index (χ3n) is 3.25. The highest BCUT2D eigenvalue weighted by Gasteiger charge is 2.20. The molecular formula is C14H20N4O3. The van der Waals surface area contributed by atoms with Gasteiger partial charge in [-0.05, 0) is 17.7 Å². The molecule has 0 radical (unpaired) electrons. The second-order valence-electron chi connectivity index (χ2n) is 4.51. The molecule has 114 valence electrons. The summed E-state index contributed by atoms with van der Waals surface area (Å²) in [6.07, 6.45) is 3.65. The van der Waals surface area contributed by atoms with E-state index in [9.17, 15) is 0 Å². The van der Waals surface area contributed by atoms with Crippen LogP contribution in [0.5, 0.6) is 17.2 Å². The van der Waals surface area contributed by atoms with Crippen molar-refractivity contribution < 1.29 is 14.2 Å². The van der Waals surface area contributed by atoms with Gasteiger partial charge in [0.05, 0.1) is 33.6 Å². The van der Waals surface area contributed by atoms with Crippen molar-refractivity contribution in [3.8, 4) is 17.2 Å². The van der Waals surface area contributed by atoms with E-state index in [1.165, 1.54) is 0 Å². The molecule has 21 heavy (non-hydrogen) atoms. The van der Waals surface area contributed by atoms with Crippen LogP contribution in [-0.2, 0) is 7.05 Å². The monoisotopic (exact) mass is 292 g/mol. The lowest BCUT2D eigenvalue weighted by Crippen LogP contribution is -2.28. The summed E-state index contributed by atoms with van der Waals surface area (Å²) in [4.78, 5) is 0. The van der Waals surface area contributed by atoms with Gasteiger partial charge in [-0.1, -0.05) is 0 Å². The molecule has 0 fully saturated rings. The standard InChI is InChI=1S/C14H20N4O3/c1-18-8-10(7-16-18)13(17-15)9-5-11(19-2)14(21-4)12(6-9)20-3/h5-8,13,17H,15H2,1-4H3. The fraction of sp³-hybridized carbons (Fsp3) is 0.357. The third kappa shape index (κ3) is 2.93. The fourth-order valence-electron chi connectivity index (χ4n) is 2.24. The molecule has 0 aliphatic heterocycles. The molecule has 0 saturated carbocycles. The van der Waals surface area contributed by atoms with Crippen LogP contribution >= 0.6 is 0 Å². The minimum Gasteiger partial charge on any atom is -0.493 e. The van der Waals surface area contributed by atoms with E-state index in [1.807, 2.05) is 25.4 Å². The number of hydrazine groups is 1. The van der Waals surface area contributed by atoms with E-state index in [2.05, 4.69) is 10.5 Å². The average Bonchev–Trinajstić information content (AvgIpc) is 2.93. The number of nitrogens with two attached hydrogens (primary N) is 1. The normalized spacial score (nSPS) is 12.0. The second-order valence-corrected chi connectivity index (χ2v) is 4.51. The molecular weight excluding hydrogens is 272 g/mol. The van der Waals surface area contributed by atoms with Crippen molar-refractivity contribution in [3.63, 3.8) is 0 Å². The Morgan fingerprint density at radius 3 is 2.10 bits per heavy atom. The highest BCUT2D eigenvalue weighted by atomic mass is 16.5. The number of hydrogen-bond acceptors (Lipinski definition) is 6. The topological polar surface area (TPSA) is 83.6 Å². The van der Waals surface area contributed by atoms with Crippen molar-refractivity contribution in [3.05, 3.63) is 35.7 Å². The van der Waals surface area contributed by atoms with E-state index in [-0.39, 0.29) is 6.04 Å². The van der Waals surface area contributed by atoms with Gasteiger partial charge in [-0.3, -0.25) is 10.5 Å². The van der Waals surface area contributed by atoms with Crippen LogP contribution in [-0.4, -0.2) is 31.1 Å². The van der Waals surface area contributed by atoms with E-state index >= 15 is 0 Å². The van der Waals surface area contributed by atoms with Crippen LogP contribution in [0.4, 0.5) is 0 Å². The zero-order chi connectivity index (χ0) is 15.4. The molecule has 2 rings (SSSR count). The van der Waals surface area contributed by atoms with E-state index < -0.39 is 0 Å². The van der Waals surface area contributed by atoms with E-state index in [0.717, 1.165) is 11.1 Å². The number of methoxy groups -OCH3 is 3. The summed E-state index contributed by atoms with van der Waals surface area (Å²) in [6.45, 7) is 0. The summed E-state index contributed by atoms with van der Waals surface area (Å²) in [7, 11) is 6.58. The van der Waals surface area contributed by atoms with Crippen molar-refractivity contribution in [1.82, 2.24) is 15.2 Å². The van der Waals surface area contributed by atoms with Crippen LogP contribution in [0.1, 0.15) is 17.2 Å². The highest BCUT2D eigenvalue weighted by Crippen LogP contribution is 2.40. The molecule has 1 aromatic carbocycles.